The van der Waals surface area contributed by atoms with E-state index in [1.54, 1.807) is 6.92 Å². The third-order valence-electron chi connectivity index (χ3n) is 5.07. The molecular formula is C26H20N2O. The quantitative estimate of drug-likeness (QED) is 0.424. The maximum absolute atomic E-state index is 11.6. The smallest absolute Gasteiger partial charge is 0.159 e. The van der Waals surface area contributed by atoms with Crippen LogP contribution in [-0.4, -0.2) is 10.8 Å². The van der Waals surface area contributed by atoms with E-state index in [9.17, 15) is 4.79 Å². The molecule has 0 bridgehead atoms. The van der Waals surface area contributed by atoms with Gasteiger partial charge >= 0.3 is 0 Å². The van der Waals surface area contributed by atoms with Gasteiger partial charge in [0.1, 0.15) is 0 Å². The Morgan fingerprint density at radius 2 is 1.72 bits per heavy atom. The zero-order valence-corrected chi connectivity index (χ0v) is 16.1. The van der Waals surface area contributed by atoms with Gasteiger partial charge in [0.25, 0.3) is 0 Å². The third-order valence-corrected chi connectivity index (χ3v) is 5.07. The van der Waals surface area contributed by atoms with Gasteiger partial charge in [-0.15, -0.1) is 0 Å². The van der Waals surface area contributed by atoms with Gasteiger partial charge in [-0.3, -0.25) is 4.79 Å². The first-order valence-electron chi connectivity index (χ1n) is 9.53. The maximum Gasteiger partial charge on any atom is 0.159 e. The van der Waals surface area contributed by atoms with Gasteiger partial charge in [0, 0.05) is 16.5 Å². The van der Waals surface area contributed by atoms with Crippen LogP contribution in [0.15, 0.2) is 78.9 Å². The van der Waals surface area contributed by atoms with Gasteiger partial charge in [-0.2, -0.15) is 5.26 Å². The second-order valence-electron chi connectivity index (χ2n) is 7.00. The summed E-state index contributed by atoms with van der Waals surface area (Å²) < 4.78 is 0. The van der Waals surface area contributed by atoms with E-state index in [-0.39, 0.29) is 5.78 Å². The summed E-state index contributed by atoms with van der Waals surface area (Å²) in [6.07, 6.45) is 4.99. The van der Waals surface area contributed by atoms with E-state index in [0.717, 1.165) is 28.8 Å². The highest BCUT2D eigenvalue weighted by Gasteiger charge is 2.12. The Morgan fingerprint density at radius 1 is 1.00 bits per heavy atom. The topological polar surface area (TPSA) is 56.6 Å². The van der Waals surface area contributed by atoms with Gasteiger partial charge in [0.05, 0.1) is 17.3 Å². The van der Waals surface area contributed by atoms with Gasteiger partial charge in [0.2, 0.25) is 0 Å². The molecule has 1 heterocycles. The summed E-state index contributed by atoms with van der Waals surface area (Å²) in [7, 11) is 0. The lowest BCUT2D eigenvalue weighted by molar-refractivity contribution is 0.101. The molecule has 0 aliphatic carbocycles. The summed E-state index contributed by atoms with van der Waals surface area (Å²) in [5.41, 5.74) is 6.90. The van der Waals surface area contributed by atoms with Crippen molar-refractivity contribution in [3.05, 3.63) is 101 Å². The van der Waals surface area contributed by atoms with Crippen LogP contribution in [0.2, 0.25) is 0 Å². The molecule has 140 valence electrons. The number of aromatic amines is 1. The summed E-state index contributed by atoms with van der Waals surface area (Å²) in [6, 6.07) is 25.7. The Hall–Kier alpha value is -3.90. The number of nitrogens with zero attached hydrogens (tertiary/aromatic N) is 1. The molecule has 0 aliphatic heterocycles. The highest BCUT2D eigenvalue weighted by Crippen LogP contribution is 2.31. The molecule has 0 aliphatic rings. The highest BCUT2D eigenvalue weighted by molar-refractivity contribution is 5.95. The van der Waals surface area contributed by atoms with Crippen molar-refractivity contribution >= 4 is 22.8 Å². The average Bonchev–Trinajstić information content (AvgIpc) is 3.13. The van der Waals surface area contributed by atoms with Crippen molar-refractivity contribution in [2.24, 2.45) is 0 Å². The van der Waals surface area contributed by atoms with Crippen molar-refractivity contribution in [1.82, 2.24) is 4.98 Å². The van der Waals surface area contributed by atoms with Crippen LogP contribution >= 0.6 is 0 Å². The largest absolute Gasteiger partial charge is 0.354 e. The van der Waals surface area contributed by atoms with Crippen LogP contribution in [-0.2, 0) is 6.42 Å². The number of ketones is 1. The number of H-pyrrole nitrogens is 1. The van der Waals surface area contributed by atoms with E-state index in [1.165, 1.54) is 10.9 Å². The molecule has 4 rings (SSSR count). The van der Waals surface area contributed by atoms with Crippen LogP contribution in [0.5, 0.6) is 0 Å². The van der Waals surface area contributed by atoms with Crippen molar-refractivity contribution < 1.29 is 4.79 Å². The van der Waals surface area contributed by atoms with Crippen molar-refractivity contribution in [3.8, 4) is 17.3 Å². The van der Waals surface area contributed by atoms with E-state index in [1.807, 2.05) is 60.7 Å². The molecule has 3 heteroatoms. The van der Waals surface area contributed by atoms with Crippen LogP contribution in [0.1, 0.15) is 34.0 Å². The minimum Gasteiger partial charge on any atom is -0.354 e. The molecule has 0 fully saturated rings. The fourth-order valence-electron chi connectivity index (χ4n) is 3.51. The fourth-order valence-corrected chi connectivity index (χ4v) is 3.51. The number of allylic oxidation sites excluding steroid dienone is 1. The van der Waals surface area contributed by atoms with Crippen LogP contribution in [0, 0.1) is 11.3 Å². The summed E-state index contributed by atoms with van der Waals surface area (Å²) in [5, 5.41) is 10.1. The number of carbonyl (C=O) groups is 1. The van der Waals surface area contributed by atoms with Crippen molar-refractivity contribution in [1.29, 1.82) is 5.26 Å². The van der Waals surface area contributed by atoms with E-state index in [4.69, 9.17) is 5.26 Å². The number of nitrogens with one attached hydrogen (secondary N) is 1. The number of fused-ring (bicyclic) bond motifs is 1. The van der Waals surface area contributed by atoms with Crippen LogP contribution in [0.25, 0.3) is 28.2 Å². The lowest BCUT2D eigenvalue weighted by Gasteiger charge is -2.04. The van der Waals surface area contributed by atoms with E-state index >= 15 is 0 Å². The first kappa shape index (κ1) is 18.5. The summed E-state index contributed by atoms with van der Waals surface area (Å²) in [5.74, 6) is 0.0683. The molecule has 0 saturated heterocycles. The first-order chi connectivity index (χ1) is 14.2. The molecule has 0 unspecified atom stereocenters. The lowest BCUT2D eigenvalue weighted by atomic mass is 10.0. The predicted octanol–water partition coefficient (Wildman–Crippen LogP) is 6.17. The average molecular weight is 376 g/mol. The maximum atomic E-state index is 11.6. The lowest BCUT2D eigenvalue weighted by Crippen LogP contribution is -1.92. The monoisotopic (exact) mass is 376 g/mol. The molecular weight excluding hydrogens is 356 g/mol. The van der Waals surface area contributed by atoms with Crippen LogP contribution in [0.3, 0.4) is 0 Å². The van der Waals surface area contributed by atoms with Gasteiger partial charge in [-0.1, -0.05) is 66.7 Å². The van der Waals surface area contributed by atoms with Crippen molar-refractivity contribution in [2.45, 2.75) is 13.3 Å². The number of rotatable bonds is 5. The molecule has 0 spiro atoms. The number of Topliss-reactive ketones (excluding diaryl/α,β-unsaturated/α-hetero) is 1. The molecule has 0 saturated carbocycles. The number of aromatic nitrogens is 1. The Labute approximate surface area is 169 Å². The Morgan fingerprint density at radius 3 is 2.41 bits per heavy atom. The minimum absolute atomic E-state index is 0.0683. The Kier molecular flexibility index (Phi) is 5.09. The zero-order valence-electron chi connectivity index (χ0n) is 16.1. The number of nitriles is 1. The van der Waals surface area contributed by atoms with Gasteiger partial charge in [0.15, 0.2) is 5.78 Å². The Balaban J connectivity index is 1.68. The predicted molar refractivity (Wildman–Crippen MR) is 118 cm³/mol. The second kappa shape index (κ2) is 8.00. The zero-order chi connectivity index (χ0) is 20.2. The minimum atomic E-state index is 0.0683. The van der Waals surface area contributed by atoms with Crippen LogP contribution < -0.4 is 0 Å². The molecule has 3 aromatic carbocycles. The molecule has 0 atom stereocenters. The van der Waals surface area contributed by atoms with Gasteiger partial charge in [-0.25, -0.2) is 0 Å². The molecule has 4 aromatic rings. The van der Waals surface area contributed by atoms with Gasteiger partial charge in [-0.05, 0) is 48.2 Å². The van der Waals surface area contributed by atoms with Crippen molar-refractivity contribution in [2.75, 3.05) is 0 Å². The summed E-state index contributed by atoms with van der Waals surface area (Å²) >= 11 is 0. The van der Waals surface area contributed by atoms with E-state index in [0.29, 0.717) is 11.1 Å². The number of carbonyl (C=O) groups excluding carboxylic acids is 1. The molecule has 29 heavy (non-hydrogen) atoms. The second-order valence-corrected chi connectivity index (χ2v) is 7.00. The molecule has 1 N–H and O–H groups in total. The summed E-state index contributed by atoms with van der Waals surface area (Å²) in [4.78, 5) is 15.1. The highest BCUT2D eigenvalue weighted by atomic mass is 16.1. The fraction of sp³-hybridized carbons (Fsp3) is 0.0769. The summed E-state index contributed by atoms with van der Waals surface area (Å²) in [6.45, 7) is 1.58. The first-order valence-corrected chi connectivity index (χ1v) is 9.53. The van der Waals surface area contributed by atoms with Gasteiger partial charge < -0.3 is 4.98 Å². The number of para-hydroxylation sites is 1. The third kappa shape index (κ3) is 3.88. The number of hydrogen-bond donors (Lipinski definition) is 1. The molecule has 0 radical (unpaired) electrons. The van der Waals surface area contributed by atoms with E-state index in [2.05, 4.69) is 35.3 Å². The Bertz CT molecular complexity index is 1240. The molecule has 3 nitrogen and oxygen atoms in total. The molecule has 0 amide bonds. The van der Waals surface area contributed by atoms with Crippen molar-refractivity contribution in [3.63, 3.8) is 0 Å². The standard InChI is InChI=1S/C26H20N2O/c1-18(29)21-13-15-22(16-14-21)26-24(23-6-2-3-8-25(23)28-26)7-4-5-19-9-11-20(17-27)12-10-19/h2-6,8-16,28H,7H2,1H3/b5-4+. The molecule has 1 aromatic heterocycles. The van der Waals surface area contributed by atoms with E-state index < -0.39 is 0 Å². The number of benzene rings is 3. The van der Waals surface area contributed by atoms with Crippen LogP contribution in [0.4, 0.5) is 0 Å². The number of hydrogen-bond acceptors (Lipinski definition) is 2. The normalized spacial score (nSPS) is 11.0. The SMILES string of the molecule is CC(=O)c1ccc(-c2[nH]c3ccccc3c2C/C=C/c2ccc(C#N)cc2)cc1.